The lowest BCUT2D eigenvalue weighted by Crippen LogP contribution is -2.34. The van der Waals surface area contributed by atoms with Gasteiger partial charge in [0.05, 0.1) is 16.8 Å². The van der Waals surface area contributed by atoms with Crippen LogP contribution in [0.25, 0.3) is 10.9 Å². The molecular formula is C26H22N2. The number of pyridine rings is 1. The zero-order valence-electron chi connectivity index (χ0n) is 16.0. The van der Waals surface area contributed by atoms with Crippen LogP contribution < -0.4 is 0 Å². The van der Waals surface area contributed by atoms with Gasteiger partial charge >= 0.3 is 0 Å². The highest BCUT2D eigenvalue weighted by atomic mass is 14.9. The van der Waals surface area contributed by atoms with Crippen molar-refractivity contribution in [1.82, 2.24) is 4.98 Å². The van der Waals surface area contributed by atoms with E-state index in [9.17, 15) is 0 Å². The van der Waals surface area contributed by atoms with Crippen molar-refractivity contribution in [2.24, 2.45) is 4.99 Å². The molecule has 2 heterocycles. The van der Waals surface area contributed by atoms with Crippen molar-refractivity contribution in [2.45, 2.75) is 25.3 Å². The van der Waals surface area contributed by atoms with E-state index in [4.69, 9.17) is 4.99 Å². The van der Waals surface area contributed by atoms with Crippen molar-refractivity contribution >= 4 is 16.6 Å². The minimum Gasteiger partial charge on any atom is -0.277 e. The van der Waals surface area contributed by atoms with Gasteiger partial charge in [-0.2, -0.15) is 0 Å². The molecule has 0 fully saturated rings. The molecule has 0 saturated heterocycles. The average molecular weight is 362 g/mol. The lowest BCUT2D eigenvalue weighted by molar-refractivity contribution is 0.461. The molecule has 1 aromatic heterocycles. The molecule has 28 heavy (non-hydrogen) atoms. The Balaban J connectivity index is 1.64. The maximum absolute atomic E-state index is 5.30. The molecule has 3 aromatic carbocycles. The first-order valence-corrected chi connectivity index (χ1v) is 9.77. The second kappa shape index (κ2) is 6.72. The van der Waals surface area contributed by atoms with Gasteiger partial charge in [-0.25, -0.2) is 0 Å². The third kappa shape index (κ3) is 3.11. The average Bonchev–Trinajstić information content (AvgIpc) is 2.73. The van der Waals surface area contributed by atoms with Gasteiger partial charge in [0.1, 0.15) is 0 Å². The van der Waals surface area contributed by atoms with Gasteiger partial charge in [-0.1, -0.05) is 72.8 Å². The number of aliphatic imine (C=N–C) groups is 1. The fourth-order valence-corrected chi connectivity index (χ4v) is 4.24. The Morgan fingerprint density at radius 3 is 2.50 bits per heavy atom. The summed E-state index contributed by atoms with van der Waals surface area (Å²) in [6.45, 7) is 2.27. The van der Waals surface area contributed by atoms with Gasteiger partial charge in [0.15, 0.2) is 0 Å². The molecule has 136 valence electrons. The van der Waals surface area contributed by atoms with Gasteiger partial charge in [0.25, 0.3) is 0 Å². The zero-order valence-corrected chi connectivity index (χ0v) is 16.0. The molecule has 1 atom stereocenters. The number of hydrogen-bond acceptors (Lipinski definition) is 2. The quantitative estimate of drug-likeness (QED) is 0.464. The fraction of sp³-hybridized carbons (Fsp3) is 0.154. The van der Waals surface area contributed by atoms with Crippen molar-refractivity contribution in [3.8, 4) is 0 Å². The minimum atomic E-state index is -0.170. The van der Waals surface area contributed by atoms with Crippen LogP contribution in [0.1, 0.15) is 29.2 Å². The molecule has 1 aliphatic rings. The smallest absolute Gasteiger partial charge is 0.0744 e. The van der Waals surface area contributed by atoms with E-state index in [1.54, 1.807) is 0 Å². The summed E-state index contributed by atoms with van der Waals surface area (Å²) in [4.78, 5) is 9.98. The van der Waals surface area contributed by atoms with Crippen LogP contribution in [0, 0.1) is 0 Å². The van der Waals surface area contributed by atoms with Crippen LogP contribution in [0.2, 0.25) is 0 Å². The van der Waals surface area contributed by atoms with Crippen LogP contribution in [-0.2, 0) is 12.8 Å². The lowest BCUT2D eigenvalue weighted by Gasteiger charge is -2.32. The molecular weight excluding hydrogens is 340 g/mol. The third-order valence-corrected chi connectivity index (χ3v) is 5.52. The summed E-state index contributed by atoms with van der Waals surface area (Å²) in [5.74, 6) is 0. The Bertz CT molecular complexity index is 1180. The number of nitrogens with zero attached hydrogens (tertiary/aromatic N) is 2. The van der Waals surface area contributed by atoms with Gasteiger partial charge in [0, 0.05) is 22.7 Å². The van der Waals surface area contributed by atoms with E-state index in [1.807, 2.05) is 12.3 Å². The van der Waals surface area contributed by atoms with Gasteiger partial charge in [0.2, 0.25) is 0 Å². The standard InChI is InChI=1S/C26H22N2/c1-26(16-19-9-3-2-4-10-19)17-21-12-5-7-13-23(21)25(28-26)22-15-20-11-6-8-14-24(20)27-18-22/h2-15,18H,16-17H2,1H3. The predicted octanol–water partition coefficient (Wildman–Crippen LogP) is 5.63. The highest BCUT2D eigenvalue weighted by Crippen LogP contribution is 2.32. The molecule has 0 saturated carbocycles. The van der Waals surface area contributed by atoms with Crippen LogP contribution in [0.3, 0.4) is 0 Å². The molecule has 0 aliphatic carbocycles. The molecule has 1 aliphatic heterocycles. The summed E-state index contributed by atoms with van der Waals surface area (Å²) in [7, 11) is 0. The monoisotopic (exact) mass is 362 g/mol. The summed E-state index contributed by atoms with van der Waals surface area (Å²) in [5, 5.41) is 1.15. The maximum Gasteiger partial charge on any atom is 0.0744 e. The zero-order chi connectivity index (χ0) is 19.0. The molecule has 0 N–H and O–H groups in total. The predicted molar refractivity (Wildman–Crippen MR) is 116 cm³/mol. The number of para-hydroxylation sites is 1. The third-order valence-electron chi connectivity index (χ3n) is 5.52. The van der Waals surface area contributed by atoms with Crippen molar-refractivity contribution < 1.29 is 0 Å². The molecule has 0 amide bonds. The summed E-state index contributed by atoms with van der Waals surface area (Å²) >= 11 is 0. The molecule has 5 rings (SSSR count). The highest BCUT2D eigenvalue weighted by Gasteiger charge is 2.31. The largest absolute Gasteiger partial charge is 0.277 e. The van der Waals surface area contributed by atoms with Gasteiger partial charge in [-0.05, 0) is 43.0 Å². The van der Waals surface area contributed by atoms with Crippen LogP contribution >= 0.6 is 0 Å². The summed E-state index contributed by atoms with van der Waals surface area (Å²) in [6, 6.07) is 29.8. The first-order chi connectivity index (χ1) is 13.7. The van der Waals surface area contributed by atoms with Crippen LogP contribution in [0.4, 0.5) is 0 Å². The summed E-state index contributed by atoms with van der Waals surface area (Å²) in [5.41, 5.74) is 6.90. The first kappa shape index (κ1) is 16.9. The van der Waals surface area contributed by atoms with E-state index in [-0.39, 0.29) is 5.54 Å². The number of hydrogen-bond donors (Lipinski definition) is 0. The van der Waals surface area contributed by atoms with Crippen molar-refractivity contribution in [3.63, 3.8) is 0 Å². The van der Waals surface area contributed by atoms with Gasteiger partial charge in [-0.15, -0.1) is 0 Å². The van der Waals surface area contributed by atoms with Crippen molar-refractivity contribution in [1.29, 1.82) is 0 Å². The van der Waals surface area contributed by atoms with E-state index in [1.165, 1.54) is 16.7 Å². The first-order valence-electron chi connectivity index (χ1n) is 9.77. The summed E-state index contributed by atoms with van der Waals surface area (Å²) in [6.07, 6.45) is 3.83. The second-order valence-electron chi connectivity index (χ2n) is 7.87. The molecule has 1 unspecified atom stereocenters. The Hall–Kier alpha value is -3.26. The van der Waals surface area contributed by atoms with E-state index in [2.05, 4.69) is 90.8 Å². The van der Waals surface area contributed by atoms with Crippen LogP contribution in [0.5, 0.6) is 0 Å². The van der Waals surface area contributed by atoms with E-state index >= 15 is 0 Å². The molecule has 0 radical (unpaired) electrons. The number of rotatable bonds is 3. The van der Waals surface area contributed by atoms with E-state index in [0.717, 1.165) is 35.0 Å². The van der Waals surface area contributed by atoms with Crippen LogP contribution in [-0.4, -0.2) is 16.2 Å². The number of fused-ring (bicyclic) bond motifs is 2. The molecule has 0 bridgehead atoms. The van der Waals surface area contributed by atoms with E-state index in [0.29, 0.717) is 0 Å². The Kier molecular flexibility index (Phi) is 4.05. The number of benzene rings is 3. The van der Waals surface area contributed by atoms with Crippen molar-refractivity contribution in [2.75, 3.05) is 0 Å². The Morgan fingerprint density at radius 1 is 0.857 bits per heavy atom. The SMILES string of the molecule is CC1(Cc2ccccc2)Cc2ccccc2C(c2cnc3ccccc3c2)=N1. The van der Waals surface area contributed by atoms with E-state index < -0.39 is 0 Å². The van der Waals surface area contributed by atoms with Crippen LogP contribution in [0.15, 0.2) is 96.1 Å². The highest BCUT2D eigenvalue weighted by molar-refractivity contribution is 6.15. The molecule has 2 nitrogen and oxygen atoms in total. The van der Waals surface area contributed by atoms with Gasteiger partial charge in [-0.3, -0.25) is 9.98 Å². The van der Waals surface area contributed by atoms with Gasteiger partial charge < -0.3 is 0 Å². The Morgan fingerprint density at radius 2 is 1.61 bits per heavy atom. The minimum absolute atomic E-state index is 0.170. The normalized spacial score (nSPS) is 18.5. The molecule has 2 heteroatoms. The molecule has 4 aromatic rings. The maximum atomic E-state index is 5.30. The topological polar surface area (TPSA) is 25.2 Å². The lowest BCUT2D eigenvalue weighted by atomic mass is 9.80. The molecule has 0 spiro atoms. The van der Waals surface area contributed by atoms with Crippen molar-refractivity contribution in [3.05, 3.63) is 113 Å². The second-order valence-corrected chi connectivity index (χ2v) is 7.87. The fourth-order valence-electron chi connectivity index (χ4n) is 4.24. The number of aromatic nitrogens is 1. The summed E-state index contributed by atoms with van der Waals surface area (Å²) < 4.78 is 0. The Labute approximate surface area is 165 Å².